The van der Waals surface area contributed by atoms with Crippen LogP contribution in [0.2, 0.25) is 5.02 Å². The summed E-state index contributed by atoms with van der Waals surface area (Å²) in [5, 5.41) is 3.93. The molecule has 2 aromatic carbocycles. The maximum absolute atomic E-state index is 13.0. The molecule has 0 aliphatic heterocycles. The monoisotopic (exact) mass is 365 g/mol. The molecule has 0 amide bonds. The zero-order valence-electron chi connectivity index (χ0n) is 15.2. The zero-order valence-corrected chi connectivity index (χ0v) is 15.9. The number of benzene rings is 2. The Morgan fingerprint density at radius 1 is 1.04 bits per heavy atom. The molecular formula is C20H25ClFNO2. The van der Waals surface area contributed by atoms with Crippen molar-refractivity contribution >= 4 is 11.6 Å². The van der Waals surface area contributed by atoms with Gasteiger partial charge in [-0.1, -0.05) is 23.7 Å². The number of rotatable bonds is 7. The van der Waals surface area contributed by atoms with Crippen molar-refractivity contribution in [3.05, 3.63) is 58.4 Å². The Hall–Kier alpha value is -1.78. The molecule has 1 N–H and O–H groups in total. The minimum Gasteiger partial charge on any atom is -0.490 e. The van der Waals surface area contributed by atoms with Crippen molar-refractivity contribution < 1.29 is 13.9 Å². The summed E-state index contributed by atoms with van der Waals surface area (Å²) < 4.78 is 24.5. The average molecular weight is 366 g/mol. The van der Waals surface area contributed by atoms with Gasteiger partial charge in [-0.15, -0.1) is 0 Å². The predicted octanol–water partition coefficient (Wildman–Crippen LogP) is 5.34. The third-order valence-corrected chi connectivity index (χ3v) is 3.77. The molecule has 0 atom stereocenters. The number of ether oxygens (including phenoxy) is 2. The molecule has 0 aliphatic carbocycles. The summed E-state index contributed by atoms with van der Waals surface area (Å²) >= 11 is 6.42. The highest BCUT2D eigenvalue weighted by Gasteiger charge is 2.15. The van der Waals surface area contributed by atoms with E-state index in [1.807, 2.05) is 19.1 Å². The average Bonchev–Trinajstić information content (AvgIpc) is 2.53. The molecule has 0 aromatic heterocycles. The van der Waals surface area contributed by atoms with Crippen molar-refractivity contribution in [3.8, 4) is 11.5 Å². The summed E-state index contributed by atoms with van der Waals surface area (Å²) in [5.41, 5.74) is 1.90. The van der Waals surface area contributed by atoms with Crippen LogP contribution in [0.25, 0.3) is 0 Å². The fourth-order valence-electron chi connectivity index (χ4n) is 2.23. The van der Waals surface area contributed by atoms with Crippen LogP contribution in [0.1, 0.15) is 38.8 Å². The van der Waals surface area contributed by atoms with E-state index in [0.717, 1.165) is 11.1 Å². The fourth-order valence-corrected chi connectivity index (χ4v) is 2.52. The first kappa shape index (κ1) is 19.5. The van der Waals surface area contributed by atoms with Crippen LogP contribution in [-0.2, 0) is 13.2 Å². The van der Waals surface area contributed by atoms with Crippen LogP contribution in [0.3, 0.4) is 0 Å². The van der Waals surface area contributed by atoms with E-state index in [0.29, 0.717) is 36.3 Å². The largest absolute Gasteiger partial charge is 0.490 e. The van der Waals surface area contributed by atoms with Crippen molar-refractivity contribution in [1.29, 1.82) is 0 Å². The van der Waals surface area contributed by atoms with Gasteiger partial charge in [-0.25, -0.2) is 4.39 Å². The van der Waals surface area contributed by atoms with E-state index < -0.39 is 0 Å². The van der Waals surface area contributed by atoms with Crippen molar-refractivity contribution in [1.82, 2.24) is 5.32 Å². The maximum atomic E-state index is 13.0. The standard InChI is InChI=1S/C20H25ClFNO2/c1-5-24-18-11-15(12-23-20(2,3)4)10-17(21)19(18)25-13-14-6-8-16(22)9-7-14/h6-11,23H,5,12-13H2,1-4H3. The van der Waals surface area contributed by atoms with Gasteiger partial charge >= 0.3 is 0 Å². The van der Waals surface area contributed by atoms with Crippen molar-refractivity contribution in [2.24, 2.45) is 0 Å². The molecule has 25 heavy (non-hydrogen) atoms. The Morgan fingerprint density at radius 2 is 1.72 bits per heavy atom. The lowest BCUT2D eigenvalue weighted by Crippen LogP contribution is -2.35. The second-order valence-corrected chi connectivity index (χ2v) is 7.26. The van der Waals surface area contributed by atoms with Crippen LogP contribution >= 0.6 is 11.6 Å². The van der Waals surface area contributed by atoms with E-state index in [4.69, 9.17) is 21.1 Å². The van der Waals surface area contributed by atoms with Crippen molar-refractivity contribution in [2.45, 2.75) is 46.4 Å². The first-order valence-electron chi connectivity index (χ1n) is 8.36. The number of hydrogen-bond acceptors (Lipinski definition) is 3. The zero-order chi connectivity index (χ0) is 18.4. The van der Waals surface area contributed by atoms with E-state index in [1.165, 1.54) is 12.1 Å². The molecule has 0 aliphatic rings. The van der Waals surface area contributed by atoms with E-state index in [1.54, 1.807) is 12.1 Å². The molecule has 2 aromatic rings. The molecule has 0 spiro atoms. The lowest BCUT2D eigenvalue weighted by atomic mass is 10.1. The summed E-state index contributed by atoms with van der Waals surface area (Å²) in [6.45, 7) is 9.73. The van der Waals surface area contributed by atoms with Crippen LogP contribution in [0.4, 0.5) is 4.39 Å². The highest BCUT2D eigenvalue weighted by Crippen LogP contribution is 2.37. The minimum atomic E-state index is -0.271. The molecule has 0 saturated carbocycles. The lowest BCUT2D eigenvalue weighted by molar-refractivity contribution is 0.269. The van der Waals surface area contributed by atoms with E-state index in [2.05, 4.69) is 26.1 Å². The SMILES string of the molecule is CCOc1cc(CNC(C)(C)C)cc(Cl)c1OCc1ccc(F)cc1. The van der Waals surface area contributed by atoms with Crippen LogP contribution in [0.15, 0.2) is 36.4 Å². The van der Waals surface area contributed by atoms with Gasteiger partial charge in [-0.05, 0) is 63.1 Å². The maximum Gasteiger partial charge on any atom is 0.180 e. The van der Waals surface area contributed by atoms with Gasteiger partial charge in [-0.3, -0.25) is 0 Å². The summed E-state index contributed by atoms with van der Waals surface area (Å²) in [7, 11) is 0. The number of hydrogen-bond donors (Lipinski definition) is 1. The first-order chi connectivity index (χ1) is 11.8. The number of nitrogens with one attached hydrogen (secondary N) is 1. The molecule has 3 nitrogen and oxygen atoms in total. The molecule has 0 unspecified atom stereocenters. The molecule has 136 valence electrons. The normalized spacial score (nSPS) is 11.4. The Labute approximate surface area is 154 Å². The third-order valence-electron chi connectivity index (χ3n) is 3.49. The fraction of sp³-hybridized carbons (Fsp3) is 0.400. The smallest absolute Gasteiger partial charge is 0.180 e. The summed E-state index contributed by atoms with van der Waals surface area (Å²) in [6.07, 6.45) is 0. The summed E-state index contributed by atoms with van der Waals surface area (Å²) in [5.74, 6) is 0.850. The molecule has 0 bridgehead atoms. The van der Waals surface area contributed by atoms with Crippen LogP contribution in [0, 0.1) is 5.82 Å². The van der Waals surface area contributed by atoms with Gasteiger partial charge in [-0.2, -0.15) is 0 Å². The third kappa shape index (κ3) is 6.22. The second kappa shape index (κ2) is 8.54. The van der Waals surface area contributed by atoms with Gasteiger partial charge in [0, 0.05) is 12.1 Å². The van der Waals surface area contributed by atoms with Crippen molar-refractivity contribution in [3.63, 3.8) is 0 Å². The number of halogens is 2. The summed E-state index contributed by atoms with van der Waals surface area (Å²) in [4.78, 5) is 0. The molecule has 0 heterocycles. The van der Waals surface area contributed by atoms with E-state index in [9.17, 15) is 4.39 Å². The van der Waals surface area contributed by atoms with Gasteiger partial charge in [0.25, 0.3) is 0 Å². The molecular weight excluding hydrogens is 341 g/mol. The first-order valence-corrected chi connectivity index (χ1v) is 8.74. The highest BCUT2D eigenvalue weighted by molar-refractivity contribution is 6.32. The minimum absolute atomic E-state index is 0.00993. The summed E-state index contributed by atoms with van der Waals surface area (Å²) in [6, 6.07) is 10.0. The van der Waals surface area contributed by atoms with Gasteiger partial charge in [0.2, 0.25) is 0 Å². The van der Waals surface area contributed by atoms with Crippen LogP contribution < -0.4 is 14.8 Å². The van der Waals surface area contributed by atoms with Gasteiger partial charge in [0.05, 0.1) is 11.6 Å². The topological polar surface area (TPSA) is 30.5 Å². The Kier molecular flexibility index (Phi) is 6.68. The van der Waals surface area contributed by atoms with Crippen LogP contribution in [-0.4, -0.2) is 12.1 Å². The van der Waals surface area contributed by atoms with Crippen LogP contribution in [0.5, 0.6) is 11.5 Å². The van der Waals surface area contributed by atoms with E-state index >= 15 is 0 Å². The van der Waals surface area contributed by atoms with E-state index in [-0.39, 0.29) is 11.4 Å². The molecule has 2 rings (SSSR count). The molecule has 5 heteroatoms. The van der Waals surface area contributed by atoms with Gasteiger partial charge in [0.1, 0.15) is 12.4 Å². The molecule has 0 radical (unpaired) electrons. The van der Waals surface area contributed by atoms with Gasteiger partial charge in [0.15, 0.2) is 11.5 Å². The molecule has 0 saturated heterocycles. The predicted molar refractivity (Wildman–Crippen MR) is 99.9 cm³/mol. The second-order valence-electron chi connectivity index (χ2n) is 6.86. The lowest BCUT2D eigenvalue weighted by Gasteiger charge is -2.21. The quantitative estimate of drug-likeness (QED) is 0.717. The Morgan fingerprint density at radius 3 is 2.32 bits per heavy atom. The Bertz CT molecular complexity index is 696. The Balaban J connectivity index is 2.16. The molecule has 0 fully saturated rings. The van der Waals surface area contributed by atoms with Crippen molar-refractivity contribution in [2.75, 3.05) is 6.61 Å². The highest BCUT2D eigenvalue weighted by atomic mass is 35.5. The van der Waals surface area contributed by atoms with Gasteiger partial charge < -0.3 is 14.8 Å².